The van der Waals surface area contributed by atoms with Crippen molar-refractivity contribution in [2.45, 2.75) is 6.92 Å². The van der Waals surface area contributed by atoms with Gasteiger partial charge in [-0.25, -0.2) is 4.98 Å². The summed E-state index contributed by atoms with van der Waals surface area (Å²) >= 11 is 12.1. The van der Waals surface area contributed by atoms with Crippen molar-refractivity contribution < 1.29 is 14.3 Å². The number of nitrogens with zero attached hydrogens (tertiary/aromatic N) is 4. The molecule has 3 aromatic carbocycles. The SMILES string of the molecule is Cc1ccc(-n2cc(-c3ccc(Cl)cc3)nc2NC(=O)CN(CCN2CCOCC2)C(=O)c2ccc(Cl)cc2)cc1. The molecule has 1 aromatic heterocycles. The van der Waals surface area contributed by atoms with Crippen LogP contribution in [0.2, 0.25) is 10.0 Å². The number of morpholine rings is 1. The van der Waals surface area contributed by atoms with Crippen molar-refractivity contribution in [3.8, 4) is 16.9 Å². The van der Waals surface area contributed by atoms with E-state index in [1.807, 2.05) is 54.1 Å². The summed E-state index contributed by atoms with van der Waals surface area (Å²) in [6.45, 7) is 5.79. The summed E-state index contributed by atoms with van der Waals surface area (Å²) in [6, 6.07) is 22.0. The van der Waals surface area contributed by atoms with Crippen molar-refractivity contribution in [3.05, 3.63) is 100 Å². The Bertz CT molecular complexity index is 1480. The van der Waals surface area contributed by atoms with Gasteiger partial charge in [0.05, 0.1) is 18.9 Å². The monoisotopic (exact) mass is 591 g/mol. The maximum Gasteiger partial charge on any atom is 0.254 e. The molecule has 0 spiro atoms. The molecule has 0 unspecified atom stereocenters. The lowest BCUT2D eigenvalue weighted by Gasteiger charge is -2.30. The van der Waals surface area contributed by atoms with E-state index in [2.05, 4.69) is 10.2 Å². The van der Waals surface area contributed by atoms with E-state index in [-0.39, 0.29) is 18.4 Å². The molecule has 4 aromatic rings. The Morgan fingerprint density at radius 2 is 1.56 bits per heavy atom. The Morgan fingerprint density at radius 1 is 0.927 bits per heavy atom. The number of amides is 2. The summed E-state index contributed by atoms with van der Waals surface area (Å²) in [6.07, 6.45) is 1.87. The molecule has 1 aliphatic rings. The van der Waals surface area contributed by atoms with Gasteiger partial charge in [0.15, 0.2) is 0 Å². The van der Waals surface area contributed by atoms with Crippen molar-refractivity contribution >= 4 is 41.0 Å². The number of aromatic nitrogens is 2. The largest absolute Gasteiger partial charge is 0.379 e. The highest BCUT2D eigenvalue weighted by molar-refractivity contribution is 6.31. The van der Waals surface area contributed by atoms with Gasteiger partial charge in [-0.2, -0.15) is 0 Å². The number of benzene rings is 3. The molecule has 212 valence electrons. The lowest BCUT2D eigenvalue weighted by molar-refractivity contribution is -0.117. The minimum atomic E-state index is -0.351. The van der Waals surface area contributed by atoms with Gasteiger partial charge in [0.2, 0.25) is 11.9 Å². The van der Waals surface area contributed by atoms with Crippen molar-refractivity contribution in [2.75, 3.05) is 51.3 Å². The third kappa shape index (κ3) is 7.54. The van der Waals surface area contributed by atoms with E-state index in [0.717, 1.165) is 29.9 Å². The van der Waals surface area contributed by atoms with E-state index in [9.17, 15) is 9.59 Å². The number of nitrogens with one attached hydrogen (secondary N) is 1. The number of hydrogen-bond acceptors (Lipinski definition) is 5. The van der Waals surface area contributed by atoms with Gasteiger partial charge in [0.25, 0.3) is 5.91 Å². The van der Waals surface area contributed by atoms with Crippen LogP contribution in [0.4, 0.5) is 5.95 Å². The fraction of sp³-hybridized carbons (Fsp3) is 0.258. The lowest BCUT2D eigenvalue weighted by Crippen LogP contribution is -2.45. The minimum absolute atomic E-state index is 0.136. The molecule has 1 aliphatic heterocycles. The van der Waals surface area contributed by atoms with Crippen molar-refractivity contribution in [2.24, 2.45) is 0 Å². The number of hydrogen-bond donors (Lipinski definition) is 1. The van der Waals surface area contributed by atoms with E-state index >= 15 is 0 Å². The van der Waals surface area contributed by atoms with Gasteiger partial charge in [0, 0.05) is 59.2 Å². The highest BCUT2D eigenvalue weighted by Crippen LogP contribution is 2.26. The molecule has 0 atom stereocenters. The summed E-state index contributed by atoms with van der Waals surface area (Å²) in [5, 5.41) is 4.12. The number of carbonyl (C=O) groups is 2. The van der Waals surface area contributed by atoms with Crippen LogP contribution in [0.3, 0.4) is 0 Å². The molecule has 10 heteroatoms. The number of ether oxygens (including phenoxy) is 1. The van der Waals surface area contributed by atoms with Gasteiger partial charge in [-0.15, -0.1) is 0 Å². The van der Waals surface area contributed by atoms with Crippen molar-refractivity contribution in [1.82, 2.24) is 19.4 Å². The Hall–Kier alpha value is -3.69. The number of imidazole rings is 1. The zero-order valence-corrected chi connectivity index (χ0v) is 24.2. The molecule has 0 radical (unpaired) electrons. The van der Waals surface area contributed by atoms with Gasteiger partial charge in [-0.3, -0.25) is 24.4 Å². The van der Waals surface area contributed by atoms with Crippen LogP contribution in [-0.4, -0.2) is 77.1 Å². The molecule has 8 nitrogen and oxygen atoms in total. The predicted molar refractivity (Wildman–Crippen MR) is 162 cm³/mol. The van der Waals surface area contributed by atoms with Crippen molar-refractivity contribution in [1.29, 1.82) is 0 Å². The van der Waals surface area contributed by atoms with Gasteiger partial charge in [0.1, 0.15) is 6.54 Å². The maximum absolute atomic E-state index is 13.5. The van der Waals surface area contributed by atoms with Crippen LogP contribution in [0.15, 0.2) is 79.0 Å². The average Bonchev–Trinajstić information content (AvgIpc) is 3.40. The molecule has 0 aliphatic carbocycles. The van der Waals surface area contributed by atoms with E-state index in [1.165, 1.54) is 0 Å². The van der Waals surface area contributed by atoms with Crippen LogP contribution in [0.1, 0.15) is 15.9 Å². The van der Waals surface area contributed by atoms with E-state index in [0.29, 0.717) is 53.6 Å². The first kappa shape index (κ1) is 28.8. The number of anilines is 1. The number of rotatable bonds is 9. The fourth-order valence-corrected chi connectivity index (χ4v) is 4.83. The minimum Gasteiger partial charge on any atom is -0.379 e. The molecule has 1 N–H and O–H groups in total. The molecule has 1 fully saturated rings. The molecule has 0 saturated carbocycles. The standard InChI is InChI=1S/C31H31Cl2N5O3/c1-22-2-12-27(13-3-22)38-20-28(23-4-8-25(32)9-5-23)34-31(38)35-29(39)21-37(15-14-36-16-18-41-19-17-36)30(40)24-6-10-26(33)11-7-24/h2-13,20H,14-19,21H2,1H3,(H,34,35,39). The topological polar surface area (TPSA) is 79.7 Å². The smallest absolute Gasteiger partial charge is 0.254 e. The summed E-state index contributed by atoms with van der Waals surface area (Å²) in [7, 11) is 0. The number of halogens is 2. The van der Waals surface area contributed by atoms with Crippen LogP contribution in [0.5, 0.6) is 0 Å². The molecule has 2 amide bonds. The second-order valence-electron chi connectivity index (χ2n) is 9.90. The number of carbonyl (C=O) groups excluding carboxylic acids is 2. The third-order valence-electron chi connectivity index (χ3n) is 6.91. The zero-order chi connectivity index (χ0) is 28.8. The molecule has 41 heavy (non-hydrogen) atoms. The highest BCUT2D eigenvalue weighted by Gasteiger charge is 2.22. The van der Waals surface area contributed by atoms with E-state index in [1.54, 1.807) is 41.3 Å². The van der Waals surface area contributed by atoms with E-state index < -0.39 is 0 Å². The van der Waals surface area contributed by atoms with Crippen LogP contribution in [-0.2, 0) is 9.53 Å². The van der Waals surface area contributed by atoms with Crippen LogP contribution < -0.4 is 5.32 Å². The van der Waals surface area contributed by atoms with Crippen molar-refractivity contribution in [3.63, 3.8) is 0 Å². The van der Waals surface area contributed by atoms with Gasteiger partial charge < -0.3 is 9.64 Å². The molecule has 5 rings (SSSR count). The normalized spacial score (nSPS) is 13.6. The Balaban J connectivity index is 1.38. The van der Waals surface area contributed by atoms with Gasteiger partial charge in [-0.05, 0) is 55.5 Å². The predicted octanol–water partition coefficient (Wildman–Crippen LogP) is 5.57. The Labute approximate surface area is 249 Å². The Kier molecular flexibility index (Phi) is 9.36. The second-order valence-corrected chi connectivity index (χ2v) is 10.8. The first-order chi connectivity index (χ1) is 19.9. The molecule has 2 heterocycles. The molecular weight excluding hydrogens is 561 g/mol. The first-order valence-corrected chi connectivity index (χ1v) is 14.2. The highest BCUT2D eigenvalue weighted by atomic mass is 35.5. The molecular formula is C31H31Cl2N5O3. The average molecular weight is 593 g/mol. The van der Waals surface area contributed by atoms with Gasteiger partial charge in [-0.1, -0.05) is 53.0 Å². The quantitative estimate of drug-likeness (QED) is 0.275. The molecule has 0 bridgehead atoms. The number of aryl methyl sites for hydroxylation is 1. The van der Waals surface area contributed by atoms with Crippen LogP contribution in [0.25, 0.3) is 16.9 Å². The summed E-state index contributed by atoms with van der Waals surface area (Å²) < 4.78 is 7.28. The fourth-order valence-electron chi connectivity index (χ4n) is 4.58. The summed E-state index contributed by atoms with van der Waals surface area (Å²) in [4.78, 5) is 35.5. The first-order valence-electron chi connectivity index (χ1n) is 13.4. The van der Waals surface area contributed by atoms with Crippen LogP contribution in [0, 0.1) is 6.92 Å². The second kappa shape index (κ2) is 13.3. The third-order valence-corrected chi connectivity index (χ3v) is 7.42. The van der Waals surface area contributed by atoms with Crippen LogP contribution >= 0.6 is 23.2 Å². The summed E-state index contributed by atoms with van der Waals surface area (Å²) in [5.74, 6) is -0.236. The lowest BCUT2D eigenvalue weighted by atomic mass is 10.2. The van der Waals surface area contributed by atoms with Gasteiger partial charge >= 0.3 is 0 Å². The Morgan fingerprint density at radius 3 is 2.22 bits per heavy atom. The molecule has 1 saturated heterocycles. The maximum atomic E-state index is 13.5. The van der Waals surface area contributed by atoms with E-state index in [4.69, 9.17) is 32.9 Å². The zero-order valence-electron chi connectivity index (χ0n) is 22.7. The summed E-state index contributed by atoms with van der Waals surface area (Å²) in [5.41, 5.74) is 3.98.